The highest BCUT2D eigenvalue weighted by Gasteiger charge is 2.40. The molecule has 0 amide bonds. The fourth-order valence-electron chi connectivity index (χ4n) is 6.75. The number of aliphatic carboxylic acids is 1. The Morgan fingerprint density at radius 2 is 1.80 bits per heavy atom. The van der Waals surface area contributed by atoms with Gasteiger partial charge in [0.05, 0.1) is 19.5 Å². The lowest BCUT2D eigenvalue weighted by molar-refractivity contribution is -0.136. The molecule has 2 aliphatic heterocycles. The van der Waals surface area contributed by atoms with E-state index in [1.807, 2.05) is 30.6 Å². The molecule has 2 aliphatic rings. The number of hydrogen-bond acceptors (Lipinski definition) is 6. The number of nitrogens with zero attached hydrogens (tertiary/aromatic N) is 6. The van der Waals surface area contributed by atoms with Gasteiger partial charge < -0.3 is 24.5 Å². The second kappa shape index (κ2) is 13.8. The Morgan fingerprint density at radius 3 is 2.54 bits per heavy atom. The van der Waals surface area contributed by atoms with Crippen molar-refractivity contribution in [2.24, 2.45) is 11.3 Å². The Balaban J connectivity index is 1.14. The second-order valence-corrected chi connectivity index (χ2v) is 12.7. The van der Waals surface area contributed by atoms with Crippen molar-refractivity contribution in [3.63, 3.8) is 0 Å². The van der Waals surface area contributed by atoms with Gasteiger partial charge in [0.1, 0.15) is 11.6 Å². The number of carboxylic acids is 1. The van der Waals surface area contributed by atoms with Crippen LogP contribution >= 0.6 is 0 Å². The first-order valence-corrected chi connectivity index (χ1v) is 15.3. The van der Waals surface area contributed by atoms with Crippen molar-refractivity contribution in [2.45, 2.75) is 72.1 Å². The maximum absolute atomic E-state index is 11.2. The van der Waals surface area contributed by atoms with Crippen molar-refractivity contribution in [1.29, 1.82) is 0 Å². The standard InChI is InChI=1S/C32H47N7O2/c1-26(2)21-36-15-7-32(8-16-36)9-17-37(25-32)13-4-14-39-18-12-35-30(39)24-38(23-29-33-10-11-34-29)22-28-6-3-5-27(19-28)20-31(40)41/h3,5-6,10-12,18-19,26H,4,7-9,13-17,20-25H2,1-2H3,(H,33,34)(H,40,41). The summed E-state index contributed by atoms with van der Waals surface area (Å²) in [6, 6.07) is 7.87. The molecule has 5 rings (SSSR count). The van der Waals surface area contributed by atoms with Crippen LogP contribution in [-0.4, -0.2) is 84.6 Å². The van der Waals surface area contributed by atoms with Crippen molar-refractivity contribution < 1.29 is 9.90 Å². The molecule has 0 atom stereocenters. The molecule has 0 bridgehead atoms. The predicted octanol–water partition coefficient (Wildman–Crippen LogP) is 4.27. The van der Waals surface area contributed by atoms with Gasteiger partial charge in [-0.2, -0.15) is 0 Å². The minimum absolute atomic E-state index is 0.0329. The van der Waals surface area contributed by atoms with Gasteiger partial charge in [0, 0.05) is 51.0 Å². The number of likely N-dealkylation sites (tertiary alicyclic amines) is 2. The molecule has 0 saturated carbocycles. The fraction of sp³-hybridized carbons (Fsp3) is 0.594. The number of aromatic nitrogens is 4. The van der Waals surface area contributed by atoms with Gasteiger partial charge in [-0.15, -0.1) is 0 Å². The van der Waals surface area contributed by atoms with Gasteiger partial charge in [-0.1, -0.05) is 38.1 Å². The zero-order valence-electron chi connectivity index (χ0n) is 24.8. The van der Waals surface area contributed by atoms with Crippen molar-refractivity contribution in [3.05, 3.63) is 71.8 Å². The number of hydrogen-bond donors (Lipinski definition) is 2. The monoisotopic (exact) mass is 561 g/mol. The number of piperidine rings is 1. The van der Waals surface area contributed by atoms with E-state index in [0.29, 0.717) is 25.0 Å². The lowest BCUT2D eigenvalue weighted by Crippen LogP contribution is -2.42. The van der Waals surface area contributed by atoms with Crippen molar-refractivity contribution in [3.8, 4) is 0 Å². The van der Waals surface area contributed by atoms with E-state index < -0.39 is 5.97 Å². The van der Waals surface area contributed by atoms with E-state index in [-0.39, 0.29) is 6.42 Å². The molecule has 9 nitrogen and oxygen atoms in total. The van der Waals surface area contributed by atoms with Gasteiger partial charge in [0.25, 0.3) is 0 Å². The minimum atomic E-state index is -0.812. The third kappa shape index (κ3) is 8.50. The van der Waals surface area contributed by atoms with Crippen LogP contribution in [0, 0.1) is 11.3 Å². The molecule has 9 heteroatoms. The Hall–Kier alpha value is -3.01. The first-order valence-electron chi connectivity index (χ1n) is 15.3. The third-order valence-electron chi connectivity index (χ3n) is 8.78. The molecule has 2 N–H and O–H groups in total. The molecule has 2 aromatic heterocycles. The van der Waals surface area contributed by atoms with Gasteiger partial charge in [0.2, 0.25) is 0 Å². The highest BCUT2D eigenvalue weighted by Crippen LogP contribution is 2.40. The number of benzene rings is 1. The highest BCUT2D eigenvalue weighted by molar-refractivity contribution is 5.70. The summed E-state index contributed by atoms with van der Waals surface area (Å²) >= 11 is 0. The largest absolute Gasteiger partial charge is 0.481 e. The van der Waals surface area contributed by atoms with E-state index in [0.717, 1.165) is 48.2 Å². The van der Waals surface area contributed by atoms with E-state index in [1.54, 1.807) is 6.20 Å². The third-order valence-corrected chi connectivity index (χ3v) is 8.78. The summed E-state index contributed by atoms with van der Waals surface area (Å²) in [4.78, 5) is 31.3. The van der Waals surface area contributed by atoms with E-state index in [4.69, 9.17) is 4.98 Å². The van der Waals surface area contributed by atoms with Crippen molar-refractivity contribution >= 4 is 5.97 Å². The number of carboxylic acid groups (broad SMARTS) is 1. The van der Waals surface area contributed by atoms with Crippen LogP contribution in [-0.2, 0) is 37.4 Å². The van der Waals surface area contributed by atoms with Crippen molar-refractivity contribution in [2.75, 3.05) is 39.3 Å². The number of rotatable bonds is 14. The molecule has 1 aromatic carbocycles. The van der Waals surface area contributed by atoms with E-state index in [9.17, 15) is 9.90 Å². The Labute approximate surface area is 244 Å². The lowest BCUT2D eigenvalue weighted by atomic mass is 9.77. The number of imidazole rings is 2. The molecule has 4 heterocycles. The van der Waals surface area contributed by atoms with Crippen molar-refractivity contribution in [1.82, 2.24) is 34.2 Å². The Morgan fingerprint density at radius 1 is 1.02 bits per heavy atom. The number of H-pyrrole nitrogens is 1. The van der Waals surface area contributed by atoms with Crippen LogP contribution in [0.2, 0.25) is 0 Å². The van der Waals surface area contributed by atoms with E-state index in [2.05, 4.69) is 55.3 Å². The number of carbonyl (C=O) groups is 1. The van der Waals surface area contributed by atoms with Crippen LogP contribution in [0.3, 0.4) is 0 Å². The first-order chi connectivity index (χ1) is 19.9. The van der Waals surface area contributed by atoms with E-state index in [1.165, 1.54) is 52.0 Å². The molecule has 2 fully saturated rings. The first kappa shape index (κ1) is 29.5. The predicted molar refractivity (Wildman–Crippen MR) is 160 cm³/mol. The van der Waals surface area contributed by atoms with Crippen LogP contribution in [0.1, 0.15) is 62.3 Å². The highest BCUT2D eigenvalue weighted by atomic mass is 16.4. The maximum Gasteiger partial charge on any atom is 0.307 e. The van der Waals surface area contributed by atoms with Gasteiger partial charge in [-0.05, 0) is 74.3 Å². The molecule has 0 radical (unpaired) electrons. The van der Waals surface area contributed by atoms with Gasteiger partial charge in [0.15, 0.2) is 0 Å². The van der Waals surface area contributed by atoms with Crippen LogP contribution < -0.4 is 0 Å². The van der Waals surface area contributed by atoms with Gasteiger partial charge in [-0.3, -0.25) is 9.69 Å². The lowest BCUT2D eigenvalue weighted by Gasteiger charge is -2.40. The van der Waals surface area contributed by atoms with Crippen LogP contribution in [0.15, 0.2) is 49.1 Å². The van der Waals surface area contributed by atoms with Gasteiger partial charge >= 0.3 is 5.97 Å². The summed E-state index contributed by atoms with van der Waals surface area (Å²) in [5.41, 5.74) is 2.45. The summed E-state index contributed by atoms with van der Waals surface area (Å²) in [5, 5.41) is 9.21. The molecule has 41 heavy (non-hydrogen) atoms. The molecular formula is C32H47N7O2. The maximum atomic E-state index is 11.2. The molecular weight excluding hydrogens is 514 g/mol. The summed E-state index contributed by atoms with van der Waals surface area (Å²) in [6.07, 6.45) is 12.8. The molecule has 3 aromatic rings. The Kier molecular flexibility index (Phi) is 9.90. The normalized spacial score (nSPS) is 17.8. The zero-order valence-corrected chi connectivity index (χ0v) is 24.8. The summed E-state index contributed by atoms with van der Waals surface area (Å²) < 4.78 is 2.30. The summed E-state index contributed by atoms with van der Waals surface area (Å²) in [7, 11) is 0. The van der Waals surface area contributed by atoms with Crippen LogP contribution in [0.25, 0.3) is 0 Å². The summed E-state index contributed by atoms with van der Waals surface area (Å²) in [6.45, 7) is 15.1. The zero-order chi connectivity index (χ0) is 28.7. The minimum Gasteiger partial charge on any atom is -0.481 e. The van der Waals surface area contributed by atoms with Gasteiger partial charge in [-0.25, -0.2) is 9.97 Å². The number of aryl methyl sites for hydroxylation is 1. The van der Waals surface area contributed by atoms with Crippen LogP contribution in [0.5, 0.6) is 0 Å². The second-order valence-electron chi connectivity index (χ2n) is 12.7. The molecule has 2 saturated heterocycles. The number of aromatic amines is 1. The molecule has 0 unspecified atom stereocenters. The average Bonchev–Trinajstić information content (AvgIpc) is 3.68. The SMILES string of the molecule is CC(C)CN1CCC2(CC1)CCN(CCCn1ccnc1CN(Cc1cccc(CC(=O)O)c1)Cc1ncc[nH]1)C2. The molecule has 1 spiro atoms. The van der Waals surface area contributed by atoms with Crippen LogP contribution in [0.4, 0.5) is 0 Å². The average molecular weight is 562 g/mol. The number of nitrogens with one attached hydrogen (secondary N) is 1. The fourth-order valence-corrected chi connectivity index (χ4v) is 6.75. The topological polar surface area (TPSA) is 93.5 Å². The smallest absolute Gasteiger partial charge is 0.307 e. The molecule has 0 aliphatic carbocycles. The molecule has 222 valence electrons. The summed E-state index contributed by atoms with van der Waals surface area (Å²) in [5.74, 6) is 1.90. The Bertz CT molecular complexity index is 1230. The quantitative estimate of drug-likeness (QED) is 0.304. The van der Waals surface area contributed by atoms with E-state index >= 15 is 0 Å².